The summed E-state index contributed by atoms with van der Waals surface area (Å²) in [5.74, 6) is 0. The predicted octanol–water partition coefficient (Wildman–Crippen LogP) is 2.34. The van der Waals surface area contributed by atoms with E-state index in [0.717, 1.165) is 13.1 Å². The van der Waals surface area contributed by atoms with E-state index in [0.29, 0.717) is 0 Å². The smallest absolute Gasteiger partial charge is 0.0346 e. The number of hydrogen-bond acceptors (Lipinski definition) is 2. The molecule has 1 heterocycles. The van der Waals surface area contributed by atoms with E-state index in [1.807, 2.05) is 12.4 Å². The van der Waals surface area contributed by atoms with Crippen LogP contribution in [0.1, 0.15) is 12.5 Å². The second-order valence-electron chi connectivity index (χ2n) is 3.29. The topological polar surface area (TPSA) is 24.9 Å². The molecule has 2 heteroatoms. The highest BCUT2D eigenvalue weighted by Gasteiger charge is 1.98. The monoisotopic (exact) mass is 186 g/mol. The number of fused-ring (bicyclic) bond motifs is 1. The van der Waals surface area contributed by atoms with Gasteiger partial charge in [-0.2, -0.15) is 0 Å². The fourth-order valence-corrected chi connectivity index (χ4v) is 1.60. The van der Waals surface area contributed by atoms with Crippen LogP contribution in [-0.2, 0) is 6.54 Å². The van der Waals surface area contributed by atoms with Gasteiger partial charge >= 0.3 is 0 Å². The lowest BCUT2D eigenvalue weighted by molar-refractivity contribution is 0.730. The van der Waals surface area contributed by atoms with Gasteiger partial charge in [0.05, 0.1) is 0 Å². The van der Waals surface area contributed by atoms with E-state index in [9.17, 15) is 0 Å². The van der Waals surface area contributed by atoms with Crippen LogP contribution in [-0.4, -0.2) is 11.5 Å². The van der Waals surface area contributed by atoms with Crippen LogP contribution < -0.4 is 5.32 Å². The lowest BCUT2D eigenvalue weighted by Gasteiger charge is -2.05. The first kappa shape index (κ1) is 9.16. The molecular weight excluding hydrogens is 172 g/mol. The van der Waals surface area contributed by atoms with Gasteiger partial charge in [-0.1, -0.05) is 25.1 Å². The van der Waals surface area contributed by atoms with Gasteiger partial charge in [-0.05, 0) is 23.6 Å². The van der Waals surface area contributed by atoms with Crippen LogP contribution in [0.3, 0.4) is 0 Å². The summed E-state index contributed by atoms with van der Waals surface area (Å²) in [4.78, 5) is 4.11. The van der Waals surface area contributed by atoms with Crippen molar-refractivity contribution in [2.75, 3.05) is 6.54 Å². The summed E-state index contributed by atoms with van der Waals surface area (Å²) < 4.78 is 0. The van der Waals surface area contributed by atoms with Crippen molar-refractivity contribution in [2.45, 2.75) is 13.5 Å². The standard InChI is InChI=1S/C12H14N2/c1-2-13-8-10-4-3-5-11-9-14-7-6-12(10)11/h3-7,9,13H,2,8H2,1H3. The first-order valence-corrected chi connectivity index (χ1v) is 4.94. The predicted molar refractivity (Wildman–Crippen MR) is 59.1 cm³/mol. The molecule has 0 fully saturated rings. The fraction of sp³-hybridized carbons (Fsp3) is 0.250. The van der Waals surface area contributed by atoms with Gasteiger partial charge in [-0.15, -0.1) is 0 Å². The summed E-state index contributed by atoms with van der Waals surface area (Å²) in [6.07, 6.45) is 3.75. The van der Waals surface area contributed by atoms with Crippen LogP contribution in [0.5, 0.6) is 0 Å². The molecule has 0 atom stereocenters. The van der Waals surface area contributed by atoms with E-state index in [1.165, 1.54) is 16.3 Å². The number of hydrogen-bond donors (Lipinski definition) is 1. The minimum absolute atomic E-state index is 0.928. The van der Waals surface area contributed by atoms with Crippen molar-refractivity contribution in [2.24, 2.45) is 0 Å². The SMILES string of the molecule is CCNCc1cccc2cnccc12. The highest BCUT2D eigenvalue weighted by molar-refractivity contribution is 5.84. The summed E-state index contributed by atoms with van der Waals surface area (Å²) in [6, 6.07) is 8.40. The van der Waals surface area contributed by atoms with Crippen LogP contribution in [0.15, 0.2) is 36.7 Å². The van der Waals surface area contributed by atoms with E-state index < -0.39 is 0 Å². The Morgan fingerprint density at radius 2 is 2.21 bits per heavy atom. The Balaban J connectivity index is 2.43. The second kappa shape index (κ2) is 4.20. The van der Waals surface area contributed by atoms with Crippen molar-refractivity contribution in [3.05, 3.63) is 42.2 Å². The molecule has 0 amide bonds. The molecule has 14 heavy (non-hydrogen) atoms. The van der Waals surface area contributed by atoms with Gasteiger partial charge in [0.25, 0.3) is 0 Å². The highest BCUT2D eigenvalue weighted by Crippen LogP contribution is 2.16. The Hall–Kier alpha value is -1.41. The molecule has 0 radical (unpaired) electrons. The van der Waals surface area contributed by atoms with Crippen LogP contribution in [0, 0.1) is 0 Å². The van der Waals surface area contributed by atoms with Gasteiger partial charge in [0.1, 0.15) is 0 Å². The first-order valence-electron chi connectivity index (χ1n) is 4.94. The molecule has 0 aliphatic heterocycles. The quantitative estimate of drug-likeness (QED) is 0.795. The molecule has 0 bridgehead atoms. The summed E-state index contributed by atoms with van der Waals surface area (Å²) in [5, 5.41) is 5.84. The van der Waals surface area contributed by atoms with Crippen molar-refractivity contribution in [3.63, 3.8) is 0 Å². The van der Waals surface area contributed by atoms with Gasteiger partial charge in [0, 0.05) is 24.3 Å². The van der Waals surface area contributed by atoms with E-state index in [-0.39, 0.29) is 0 Å². The molecule has 0 aliphatic rings. The number of pyridine rings is 1. The zero-order chi connectivity index (χ0) is 9.80. The Morgan fingerprint density at radius 3 is 3.07 bits per heavy atom. The lowest BCUT2D eigenvalue weighted by Crippen LogP contribution is -2.11. The van der Waals surface area contributed by atoms with Crippen molar-refractivity contribution in [1.82, 2.24) is 10.3 Å². The summed E-state index contributed by atoms with van der Waals surface area (Å²) >= 11 is 0. The molecule has 1 aromatic heterocycles. The molecule has 0 saturated carbocycles. The summed E-state index contributed by atoms with van der Waals surface area (Å²) in [7, 11) is 0. The minimum atomic E-state index is 0.928. The van der Waals surface area contributed by atoms with Gasteiger partial charge in [-0.25, -0.2) is 0 Å². The molecule has 0 saturated heterocycles. The Kier molecular flexibility index (Phi) is 2.75. The normalized spacial score (nSPS) is 10.6. The minimum Gasteiger partial charge on any atom is -0.313 e. The molecule has 2 rings (SSSR count). The van der Waals surface area contributed by atoms with Gasteiger partial charge in [0.15, 0.2) is 0 Å². The maximum absolute atomic E-state index is 4.11. The molecule has 2 nitrogen and oxygen atoms in total. The number of nitrogens with zero attached hydrogens (tertiary/aromatic N) is 1. The van der Waals surface area contributed by atoms with Crippen LogP contribution in [0.4, 0.5) is 0 Å². The van der Waals surface area contributed by atoms with Gasteiger partial charge < -0.3 is 5.32 Å². The summed E-state index contributed by atoms with van der Waals surface area (Å²) in [5.41, 5.74) is 1.34. The lowest BCUT2D eigenvalue weighted by atomic mass is 10.1. The third kappa shape index (κ3) is 1.75. The zero-order valence-corrected chi connectivity index (χ0v) is 8.33. The average Bonchev–Trinajstić information content (AvgIpc) is 2.26. The third-order valence-electron chi connectivity index (χ3n) is 2.34. The fourth-order valence-electron chi connectivity index (χ4n) is 1.60. The zero-order valence-electron chi connectivity index (χ0n) is 8.33. The molecular formula is C12H14N2. The third-order valence-corrected chi connectivity index (χ3v) is 2.34. The second-order valence-corrected chi connectivity index (χ2v) is 3.29. The molecule has 2 aromatic rings. The van der Waals surface area contributed by atoms with E-state index >= 15 is 0 Å². The Morgan fingerprint density at radius 1 is 1.29 bits per heavy atom. The largest absolute Gasteiger partial charge is 0.313 e. The van der Waals surface area contributed by atoms with Crippen molar-refractivity contribution in [3.8, 4) is 0 Å². The maximum Gasteiger partial charge on any atom is 0.0346 e. The van der Waals surface area contributed by atoms with E-state index in [1.54, 1.807) is 0 Å². The molecule has 0 spiro atoms. The number of nitrogens with one attached hydrogen (secondary N) is 1. The van der Waals surface area contributed by atoms with E-state index in [4.69, 9.17) is 0 Å². The average molecular weight is 186 g/mol. The Labute approximate surface area is 84.0 Å². The molecule has 0 aliphatic carbocycles. The first-order chi connectivity index (χ1) is 6.92. The van der Waals surface area contributed by atoms with Crippen molar-refractivity contribution >= 4 is 10.8 Å². The van der Waals surface area contributed by atoms with Crippen molar-refractivity contribution in [1.29, 1.82) is 0 Å². The highest BCUT2D eigenvalue weighted by atomic mass is 14.8. The molecule has 1 N–H and O–H groups in total. The van der Waals surface area contributed by atoms with Gasteiger partial charge in [-0.3, -0.25) is 4.98 Å². The maximum atomic E-state index is 4.11. The molecule has 72 valence electrons. The molecule has 1 aromatic carbocycles. The van der Waals surface area contributed by atoms with Crippen LogP contribution >= 0.6 is 0 Å². The van der Waals surface area contributed by atoms with E-state index in [2.05, 4.69) is 41.5 Å². The van der Waals surface area contributed by atoms with Crippen molar-refractivity contribution < 1.29 is 0 Å². The summed E-state index contributed by atoms with van der Waals surface area (Å²) in [6.45, 7) is 4.05. The molecule has 0 unspecified atom stereocenters. The van der Waals surface area contributed by atoms with Crippen LogP contribution in [0.25, 0.3) is 10.8 Å². The number of aromatic nitrogens is 1. The van der Waals surface area contributed by atoms with Gasteiger partial charge in [0.2, 0.25) is 0 Å². The Bertz CT molecular complexity index is 418. The van der Waals surface area contributed by atoms with Crippen LogP contribution in [0.2, 0.25) is 0 Å². The number of rotatable bonds is 3. The number of benzene rings is 1.